The summed E-state index contributed by atoms with van der Waals surface area (Å²) in [6, 6.07) is 5.12. The predicted molar refractivity (Wildman–Crippen MR) is 75.0 cm³/mol. The number of ether oxygens (including phenoxy) is 1. The number of anilines is 1. The number of aryl methyl sites for hydroxylation is 1. The third-order valence-corrected chi connectivity index (χ3v) is 2.97. The molecule has 1 aromatic carbocycles. The van der Waals surface area contributed by atoms with Crippen LogP contribution in [0.15, 0.2) is 18.2 Å². The Morgan fingerprint density at radius 3 is 2.79 bits per heavy atom. The van der Waals surface area contributed by atoms with Crippen LogP contribution in [0.4, 0.5) is 5.69 Å². The Labute approximate surface area is 113 Å². The van der Waals surface area contributed by atoms with Crippen molar-refractivity contribution in [3.8, 4) is 0 Å². The lowest BCUT2D eigenvalue weighted by molar-refractivity contribution is 0.0243. The average Bonchev–Trinajstić information content (AvgIpc) is 2.34. The molecule has 0 radical (unpaired) electrons. The van der Waals surface area contributed by atoms with Crippen molar-refractivity contribution < 1.29 is 14.6 Å². The third-order valence-electron chi connectivity index (χ3n) is 2.97. The van der Waals surface area contributed by atoms with Gasteiger partial charge in [-0.3, -0.25) is 4.79 Å². The maximum atomic E-state index is 12.0. The molecule has 0 fully saturated rings. The van der Waals surface area contributed by atoms with Crippen molar-refractivity contribution in [1.82, 2.24) is 5.32 Å². The lowest BCUT2D eigenvalue weighted by atomic mass is 10.0. The molecule has 1 unspecified atom stereocenters. The van der Waals surface area contributed by atoms with E-state index in [1.165, 1.54) is 0 Å². The smallest absolute Gasteiger partial charge is 0.251 e. The standard InChI is InChI=1S/C14H22N2O3/c1-10-8-11(15)4-5-12(10)13(17)16-9-14(2,18)6-7-19-3/h4-5,8,18H,6-7,9,15H2,1-3H3,(H,16,17). The minimum Gasteiger partial charge on any atom is -0.399 e. The summed E-state index contributed by atoms with van der Waals surface area (Å²) in [5.41, 5.74) is 6.67. The second-order valence-corrected chi connectivity index (χ2v) is 5.00. The van der Waals surface area contributed by atoms with Crippen LogP contribution in [0.3, 0.4) is 0 Å². The quantitative estimate of drug-likeness (QED) is 0.673. The zero-order chi connectivity index (χ0) is 14.5. The van der Waals surface area contributed by atoms with E-state index in [1.807, 2.05) is 6.92 Å². The minimum atomic E-state index is -0.979. The molecule has 0 saturated heterocycles. The van der Waals surface area contributed by atoms with E-state index in [2.05, 4.69) is 5.32 Å². The van der Waals surface area contributed by atoms with Gasteiger partial charge in [-0.05, 0) is 37.6 Å². The van der Waals surface area contributed by atoms with Crippen LogP contribution in [0.1, 0.15) is 29.3 Å². The highest BCUT2D eigenvalue weighted by Gasteiger charge is 2.21. The summed E-state index contributed by atoms with van der Waals surface area (Å²) in [7, 11) is 1.58. The van der Waals surface area contributed by atoms with Gasteiger partial charge in [0.2, 0.25) is 0 Å². The van der Waals surface area contributed by atoms with E-state index in [4.69, 9.17) is 10.5 Å². The fourth-order valence-corrected chi connectivity index (χ4v) is 1.72. The highest BCUT2D eigenvalue weighted by Crippen LogP contribution is 2.13. The second-order valence-electron chi connectivity index (χ2n) is 5.00. The number of carbonyl (C=O) groups is 1. The molecule has 0 bridgehead atoms. The van der Waals surface area contributed by atoms with E-state index >= 15 is 0 Å². The van der Waals surface area contributed by atoms with E-state index in [0.717, 1.165) is 5.56 Å². The first-order chi connectivity index (χ1) is 8.85. The maximum absolute atomic E-state index is 12.0. The molecule has 0 spiro atoms. The second kappa shape index (κ2) is 6.54. The molecule has 5 nitrogen and oxygen atoms in total. The molecule has 1 rings (SSSR count). The Morgan fingerprint density at radius 2 is 2.21 bits per heavy atom. The summed E-state index contributed by atoms with van der Waals surface area (Å²) < 4.78 is 4.91. The molecule has 4 N–H and O–H groups in total. The van der Waals surface area contributed by atoms with Crippen LogP contribution >= 0.6 is 0 Å². The number of amides is 1. The van der Waals surface area contributed by atoms with Crippen LogP contribution in [0, 0.1) is 6.92 Å². The molecule has 1 aromatic rings. The fourth-order valence-electron chi connectivity index (χ4n) is 1.72. The predicted octanol–water partition coefficient (Wildman–Crippen LogP) is 1.09. The fraction of sp³-hybridized carbons (Fsp3) is 0.500. The molecule has 1 amide bonds. The van der Waals surface area contributed by atoms with E-state index in [-0.39, 0.29) is 12.5 Å². The van der Waals surface area contributed by atoms with Crippen LogP contribution in [0.25, 0.3) is 0 Å². The Bertz CT molecular complexity index is 444. The molecular weight excluding hydrogens is 244 g/mol. The molecule has 0 heterocycles. The zero-order valence-electron chi connectivity index (χ0n) is 11.7. The number of aliphatic hydroxyl groups is 1. The van der Waals surface area contributed by atoms with Crippen LogP contribution in [0.5, 0.6) is 0 Å². The molecule has 0 aliphatic carbocycles. The van der Waals surface area contributed by atoms with Crippen LogP contribution in [-0.4, -0.2) is 36.9 Å². The molecule has 0 aliphatic rings. The van der Waals surface area contributed by atoms with Gasteiger partial charge < -0.3 is 20.9 Å². The van der Waals surface area contributed by atoms with Crippen molar-refractivity contribution in [2.45, 2.75) is 25.9 Å². The first-order valence-corrected chi connectivity index (χ1v) is 6.21. The molecule has 19 heavy (non-hydrogen) atoms. The topological polar surface area (TPSA) is 84.6 Å². The maximum Gasteiger partial charge on any atom is 0.251 e. The number of nitrogen functional groups attached to an aromatic ring is 1. The number of nitrogens with one attached hydrogen (secondary N) is 1. The highest BCUT2D eigenvalue weighted by atomic mass is 16.5. The van der Waals surface area contributed by atoms with Crippen molar-refractivity contribution >= 4 is 11.6 Å². The monoisotopic (exact) mass is 266 g/mol. The Balaban J connectivity index is 2.60. The zero-order valence-corrected chi connectivity index (χ0v) is 11.7. The summed E-state index contributed by atoms with van der Waals surface area (Å²) >= 11 is 0. The number of benzene rings is 1. The van der Waals surface area contributed by atoms with Gasteiger partial charge in [-0.2, -0.15) is 0 Å². The lowest BCUT2D eigenvalue weighted by Crippen LogP contribution is -2.41. The van der Waals surface area contributed by atoms with Crippen molar-refractivity contribution in [2.75, 3.05) is 26.0 Å². The van der Waals surface area contributed by atoms with E-state index in [9.17, 15) is 9.90 Å². The number of hydrogen-bond donors (Lipinski definition) is 3. The van der Waals surface area contributed by atoms with Crippen molar-refractivity contribution in [2.24, 2.45) is 0 Å². The minimum absolute atomic E-state index is 0.180. The van der Waals surface area contributed by atoms with E-state index < -0.39 is 5.60 Å². The van der Waals surface area contributed by atoms with Crippen molar-refractivity contribution in [3.63, 3.8) is 0 Å². The molecule has 5 heteroatoms. The molecule has 0 aromatic heterocycles. The number of rotatable bonds is 6. The third kappa shape index (κ3) is 4.89. The van der Waals surface area contributed by atoms with Gasteiger partial charge in [0.1, 0.15) is 0 Å². The number of carbonyl (C=O) groups excluding carboxylic acids is 1. The lowest BCUT2D eigenvalue weighted by Gasteiger charge is -2.23. The van der Waals surface area contributed by atoms with Crippen LogP contribution < -0.4 is 11.1 Å². The summed E-state index contributed by atoms with van der Waals surface area (Å²) in [5.74, 6) is -0.213. The molecule has 1 atom stereocenters. The van der Waals surface area contributed by atoms with Crippen LogP contribution in [-0.2, 0) is 4.74 Å². The Hall–Kier alpha value is -1.59. The normalized spacial score (nSPS) is 13.9. The SMILES string of the molecule is COCCC(C)(O)CNC(=O)c1ccc(N)cc1C. The highest BCUT2D eigenvalue weighted by molar-refractivity contribution is 5.96. The van der Waals surface area contributed by atoms with Crippen molar-refractivity contribution in [3.05, 3.63) is 29.3 Å². The average molecular weight is 266 g/mol. The van der Waals surface area contributed by atoms with Gasteiger partial charge in [0.15, 0.2) is 0 Å². The van der Waals surface area contributed by atoms with Gasteiger partial charge in [0.05, 0.1) is 5.60 Å². The first kappa shape index (κ1) is 15.5. The molecule has 0 saturated carbocycles. The summed E-state index contributed by atoms with van der Waals surface area (Å²) in [6.07, 6.45) is 0.463. The van der Waals surface area contributed by atoms with Gasteiger partial charge in [-0.1, -0.05) is 0 Å². The van der Waals surface area contributed by atoms with Gasteiger partial charge in [0, 0.05) is 37.9 Å². The summed E-state index contributed by atoms with van der Waals surface area (Å²) in [5, 5.41) is 12.8. The number of methoxy groups -OCH3 is 1. The van der Waals surface area contributed by atoms with E-state index in [0.29, 0.717) is 24.3 Å². The number of hydrogen-bond acceptors (Lipinski definition) is 4. The van der Waals surface area contributed by atoms with Gasteiger partial charge in [-0.15, -0.1) is 0 Å². The molecule has 106 valence electrons. The van der Waals surface area contributed by atoms with Gasteiger partial charge in [-0.25, -0.2) is 0 Å². The Kier molecular flexibility index (Phi) is 5.32. The Morgan fingerprint density at radius 1 is 1.53 bits per heavy atom. The van der Waals surface area contributed by atoms with Crippen molar-refractivity contribution in [1.29, 1.82) is 0 Å². The first-order valence-electron chi connectivity index (χ1n) is 6.21. The van der Waals surface area contributed by atoms with Gasteiger partial charge >= 0.3 is 0 Å². The number of nitrogens with two attached hydrogens (primary N) is 1. The van der Waals surface area contributed by atoms with Crippen LogP contribution in [0.2, 0.25) is 0 Å². The summed E-state index contributed by atoms with van der Waals surface area (Å²) in [6.45, 7) is 4.12. The summed E-state index contributed by atoms with van der Waals surface area (Å²) in [4.78, 5) is 12.0. The largest absolute Gasteiger partial charge is 0.399 e. The van der Waals surface area contributed by atoms with Gasteiger partial charge in [0.25, 0.3) is 5.91 Å². The molecular formula is C14H22N2O3. The molecule has 0 aliphatic heterocycles. The van der Waals surface area contributed by atoms with E-state index in [1.54, 1.807) is 32.2 Å².